The van der Waals surface area contributed by atoms with E-state index in [2.05, 4.69) is 0 Å². The van der Waals surface area contributed by atoms with Crippen LogP contribution in [0.15, 0.2) is 18.2 Å². The predicted octanol–water partition coefficient (Wildman–Crippen LogP) is 3.45. The Labute approximate surface area is 161 Å². The monoisotopic (exact) mass is 370 g/mol. The van der Waals surface area contributed by atoms with Gasteiger partial charge in [0.25, 0.3) is 5.91 Å². The zero-order valence-electron chi connectivity index (χ0n) is 16.5. The molecule has 0 unspecified atom stereocenters. The van der Waals surface area contributed by atoms with Crippen LogP contribution < -0.4 is 0 Å². The molecule has 0 bridgehead atoms. The van der Waals surface area contributed by atoms with Gasteiger partial charge in [0.1, 0.15) is 0 Å². The fourth-order valence-electron chi connectivity index (χ4n) is 4.24. The average molecular weight is 370 g/mol. The van der Waals surface area contributed by atoms with Crippen molar-refractivity contribution in [1.82, 2.24) is 9.80 Å². The minimum atomic E-state index is -0.0584. The first kappa shape index (κ1) is 19.6. The number of hydrogen-bond acceptors (Lipinski definition) is 3. The summed E-state index contributed by atoms with van der Waals surface area (Å²) in [4.78, 5) is 40.8. The highest BCUT2D eigenvalue weighted by Gasteiger charge is 2.27. The lowest BCUT2D eigenvalue weighted by Crippen LogP contribution is -2.50. The van der Waals surface area contributed by atoms with E-state index >= 15 is 0 Å². The van der Waals surface area contributed by atoms with Crippen LogP contribution in [0.25, 0.3) is 0 Å². The number of hydrogen-bond donors (Lipinski definition) is 0. The molecule has 5 heteroatoms. The van der Waals surface area contributed by atoms with E-state index in [-0.39, 0.29) is 17.6 Å². The summed E-state index contributed by atoms with van der Waals surface area (Å²) in [5, 5.41) is 0. The van der Waals surface area contributed by atoms with Crippen molar-refractivity contribution in [2.24, 2.45) is 5.92 Å². The molecule has 1 saturated heterocycles. The van der Waals surface area contributed by atoms with Crippen molar-refractivity contribution < 1.29 is 14.4 Å². The summed E-state index contributed by atoms with van der Waals surface area (Å²) >= 11 is 0. The summed E-state index contributed by atoms with van der Waals surface area (Å²) in [5.74, 6) is 0.698. The maximum atomic E-state index is 12.8. The van der Waals surface area contributed by atoms with Gasteiger partial charge in [0.05, 0.1) is 0 Å². The van der Waals surface area contributed by atoms with Gasteiger partial charge in [-0.15, -0.1) is 0 Å². The molecule has 1 heterocycles. The molecule has 27 heavy (non-hydrogen) atoms. The molecule has 1 aromatic rings. The number of amides is 2. The summed E-state index contributed by atoms with van der Waals surface area (Å²) < 4.78 is 0. The molecule has 1 aliphatic heterocycles. The van der Waals surface area contributed by atoms with Gasteiger partial charge < -0.3 is 9.80 Å². The molecule has 0 radical (unpaired) electrons. The fraction of sp³-hybridized carbons (Fsp3) is 0.591. The van der Waals surface area contributed by atoms with Gasteiger partial charge in [-0.25, -0.2) is 0 Å². The second kappa shape index (κ2) is 8.68. The van der Waals surface area contributed by atoms with Crippen LogP contribution in [0.5, 0.6) is 0 Å². The second-order valence-electron chi connectivity index (χ2n) is 7.97. The zero-order valence-corrected chi connectivity index (χ0v) is 16.5. The number of carbonyl (C=O) groups excluding carboxylic acids is 3. The minimum absolute atomic E-state index is 0.0275. The van der Waals surface area contributed by atoms with Crippen LogP contribution >= 0.6 is 0 Å². The van der Waals surface area contributed by atoms with Crippen LogP contribution in [0.4, 0.5) is 0 Å². The topological polar surface area (TPSA) is 57.7 Å². The summed E-state index contributed by atoms with van der Waals surface area (Å²) in [6, 6.07) is 5.30. The summed E-state index contributed by atoms with van der Waals surface area (Å²) in [5.41, 5.74) is 2.03. The molecule has 1 aromatic carbocycles. The molecule has 0 N–H and O–H groups in total. The van der Waals surface area contributed by atoms with Gasteiger partial charge in [-0.05, 0) is 50.3 Å². The third-order valence-corrected chi connectivity index (χ3v) is 5.97. The lowest BCUT2D eigenvalue weighted by Gasteiger charge is -2.36. The lowest BCUT2D eigenvalue weighted by molar-refractivity contribution is -0.133. The van der Waals surface area contributed by atoms with Crippen molar-refractivity contribution in [3.05, 3.63) is 34.9 Å². The number of benzene rings is 1. The summed E-state index contributed by atoms with van der Waals surface area (Å²) in [6.07, 6.45) is 6.81. The average Bonchev–Trinajstić information content (AvgIpc) is 2.68. The van der Waals surface area contributed by atoms with Crippen LogP contribution in [0.3, 0.4) is 0 Å². The summed E-state index contributed by atoms with van der Waals surface area (Å²) in [6.45, 7) is 5.71. The Morgan fingerprint density at radius 2 is 1.59 bits per heavy atom. The van der Waals surface area contributed by atoms with E-state index in [1.54, 1.807) is 17.0 Å². The van der Waals surface area contributed by atoms with E-state index in [9.17, 15) is 14.4 Å². The molecule has 2 amide bonds. The molecule has 2 fully saturated rings. The Balaban J connectivity index is 1.55. The Morgan fingerprint density at radius 3 is 2.22 bits per heavy atom. The smallest absolute Gasteiger partial charge is 0.253 e. The number of ketones is 1. The van der Waals surface area contributed by atoms with E-state index in [1.807, 2.05) is 17.9 Å². The molecule has 146 valence electrons. The van der Waals surface area contributed by atoms with Crippen LogP contribution in [0.1, 0.15) is 71.7 Å². The van der Waals surface area contributed by atoms with Crippen LogP contribution in [0.2, 0.25) is 0 Å². The summed E-state index contributed by atoms with van der Waals surface area (Å²) in [7, 11) is 0. The first-order valence-electron chi connectivity index (χ1n) is 10.1. The molecular formula is C22H30N2O3. The SMILES string of the molecule is CC(=O)c1cc(C(=O)N2CCN(C(=O)CC3CCCCC3)CC2)ccc1C. The van der Waals surface area contributed by atoms with Gasteiger partial charge in [0.15, 0.2) is 5.78 Å². The maximum absolute atomic E-state index is 12.8. The largest absolute Gasteiger partial charge is 0.339 e. The van der Waals surface area contributed by atoms with Gasteiger partial charge in [0, 0.05) is 43.7 Å². The molecule has 1 saturated carbocycles. The quantitative estimate of drug-likeness (QED) is 0.763. The third-order valence-electron chi connectivity index (χ3n) is 5.97. The molecule has 1 aliphatic carbocycles. The number of carbonyl (C=O) groups is 3. The highest BCUT2D eigenvalue weighted by molar-refractivity contribution is 6.00. The van der Waals surface area contributed by atoms with E-state index in [0.29, 0.717) is 49.6 Å². The van der Waals surface area contributed by atoms with Crippen molar-refractivity contribution in [1.29, 1.82) is 0 Å². The van der Waals surface area contributed by atoms with Crippen LogP contribution in [0, 0.1) is 12.8 Å². The van der Waals surface area contributed by atoms with Crippen LogP contribution in [-0.2, 0) is 4.79 Å². The van der Waals surface area contributed by atoms with Gasteiger partial charge in [-0.1, -0.05) is 25.3 Å². The number of aryl methyl sites for hydroxylation is 1. The molecule has 5 nitrogen and oxygen atoms in total. The Kier molecular flexibility index (Phi) is 6.30. The lowest BCUT2D eigenvalue weighted by atomic mass is 9.86. The number of Topliss-reactive ketones (excluding diaryl/α,β-unsaturated/α-hetero) is 1. The number of nitrogens with zero attached hydrogens (tertiary/aromatic N) is 2. The van der Waals surface area contributed by atoms with Gasteiger partial charge in [-0.2, -0.15) is 0 Å². The van der Waals surface area contributed by atoms with E-state index in [0.717, 1.165) is 5.56 Å². The highest BCUT2D eigenvalue weighted by Crippen LogP contribution is 2.27. The van der Waals surface area contributed by atoms with Crippen molar-refractivity contribution in [3.63, 3.8) is 0 Å². The standard InChI is InChI=1S/C22H30N2O3/c1-16-8-9-19(15-20(16)17(2)25)22(27)24-12-10-23(11-13-24)21(26)14-18-6-4-3-5-7-18/h8-9,15,18H,3-7,10-14H2,1-2H3. The Bertz CT molecular complexity index is 714. The third kappa shape index (κ3) is 4.76. The predicted molar refractivity (Wildman–Crippen MR) is 105 cm³/mol. The van der Waals surface area contributed by atoms with E-state index < -0.39 is 0 Å². The second-order valence-corrected chi connectivity index (χ2v) is 7.97. The molecular weight excluding hydrogens is 340 g/mol. The number of rotatable bonds is 4. The van der Waals surface area contributed by atoms with Gasteiger partial charge in [0.2, 0.25) is 5.91 Å². The zero-order chi connectivity index (χ0) is 19.4. The van der Waals surface area contributed by atoms with E-state index in [4.69, 9.17) is 0 Å². The molecule has 0 atom stereocenters. The normalized spacial score (nSPS) is 18.4. The van der Waals surface area contributed by atoms with Crippen LogP contribution in [-0.4, -0.2) is 53.6 Å². The van der Waals surface area contributed by atoms with Gasteiger partial charge in [-0.3, -0.25) is 14.4 Å². The highest BCUT2D eigenvalue weighted by atomic mass is 16.2. The molecule has 0 aromatic heterocycles. The fourth-order valence-corrected chi connectivity index (χ4v) is 4.24. The Morgan fingerprint density at radius 1 is 0.963 bits per heavy atom. The van der Waals surface area contributed by atoms with Crippen molar-refractivity contribution in [3.8, 4) is 0 Å². The first-order chi connectivity index (χ1) is 13.0. The van der Waals surface area contributed by atoms with Crippen molar-refractivity contribution in [2.75, 3.05) is 26.2 Å². The van der Waals surface area contributed by atoms with Crippen molar-refractivity contribution >= 4 is 17.6 Å². The van der Waals surface area contributed by atoms with Gasteiger partial charge >= 0.3 is 0 Å². The van der Waals surface area contributed by atoms with Crippen molar-refractivity contribution in [2.45, 2.75) is 52.4 Å². The number of piperazine rings is 1. The Hall–Kier alpha value is -2.17. The molecule has 0 spiro atoms. The maximum Gasteiger partial charge on any atom is 0.253 e. The minimum Gasteiger partial charge on any atom is -0.339 e. The molecule has 3 rings (SSSR count). The first-order valence-corrected chi connectivity index (χ1v) is 10.1. The molecule has 2 aliphatic rings. The van der Waals surface area contributed by atoms with E-state index in [1.165, 1.54) is 39.0 Å².